The fraction of sp³-hybridized carbons (Fsp3) is 0.294. The van der Waals surface area contributed by atoms with E-state index < -0.39 is 0 Å². The Bertz CT molecular complexity index is 522. The molecule has 2 rings (SSSR count). The molecule has 0 fully saturated rings. The summed E-state index contributed by atoms with van der Waals surface area (Å²) in [6, 6.07) is 16.9. The van der Waals surface area contributed by atoms with E-state index in [1.807, 2.05) is 0 Å². The van der Waals surface area contributed by atoms with E-state index in [-0.39, 0.29) is 5.38 Å². The van der Waals surface area contributed by atoms with Gasteiger partial charge in [0.15, 0.2) is 0 Å². The lowest BCUT2D eigenvalue weighted by Gasteiger charge is -2.11. The minimum atomic E-state index is -0.0950. The average molecular weight is 307 g/mol. The molecular formula is C17H19ClOS. The maximum absolute atomic E-state index is 6.55. The van der Waals surface area contributed by atoms with Crippen molar-refractivity contribution in [3.63, 3.8) is 0 Å². The van der Waals surface area contributed by atoms with Gasteiger partial charge >= 0.3 is 0 Å². The van der Waals surface area contributed by atoms with Gasteiger partial charge in [-0.1, -0.05) is 36.4 Å². The first-order chi connectivity index (χ1) is 9.74. The van der Waals surface area contributed by atoms with Gasteiger partial charge in [0.25, 0.3) is 0 Å². The van der Waals surface area contributed by atoms with Crippen molar-refractivity contribution in [2.75, 3.05) is 20.0 Å². The van der Waals surface area contributed by atoms with Gasteiger partial charge in [-0.3, -0.25) is 0 Å². The van der Waals surface area contributed by atoms with Crippen molar-refractivity contribution in [3.8, 4) is 0 Å². The van der Waals surface area contributed by atoms with Gasteiger partial charge in [0.2, 0.25) is 0 Å². The van der Waals surface area contributed by atoms with Crippen LogP contribution in [0.25, 0.3) is 0 Å². The number of hydrogen-bond acceptors (Lipinski definition) is 2. The van der Waals surface area contributed by atoms with Gasteiger partial charge in [-0.15, -0.1) is 23.4 Å². The molecule has 0 aromatic heterocycles. The lowest BCUT2D eigenvalue weighted by Crippen LogP contribution is -1.96. The number of alkyl halides is 1. The van der Waals surface area contributed by atoms with E-state index in [4.69, 9.17) is 16.3 Å². The fourth-order valence-electron chi connectivity index (χ4n) is 2.04. The summed E-state index contributed by atoms with van der Waals surface area (Å²) in [7, 11) is 1.72. The Morgan fingerprint density at radius 1 is 1.00 bits per heavy atom. The van der Waals surface area contributed by atoms with Crippen LogP contribution in [0.1, 0.15) is 22.1 Å². The number of ether oxygens (including phenoxy) is 1. The molecule has 0 aliphatic carbocycles. The summed E-state index contributed by atoms with van der Waals surface area (Å²) in [4.78, 5) is 1.26. The molecule has 0 saturated carbocycles. The Morgan fingerprint density at radius 3 is 2.05 bits per heavy atom. The first-order valence-corrected chi connectivity index (χ1v) is 8.26. The molecule has 0 aliphatic rings. The lowest BCUT2D eigenvalue weighted by atomic mass is 10.0. The highest BCUT2D eigenvalue weighted by Gasteiger charge is 2.10. The molecule has 0 aliphatic heterocycles. The molecule has 20 heavy (non-hydrogen) atoms. The molecule has 0 N–H and O–H groups in total. The van der Waals surface area contributed by atoms with Crippen LogP contribution in [0.3, 0.4) is 0 Å². The van der Waals surface area contributed by atoms with Crippen LogP contribution in [-0.2, 0) is 11.2 Å². The number of benzene rings is 2. The van der Waals surface area contributed by atoms with E-state index in [1.165, 1.54) is 10.5 Å². The van der Waals surface area contributed by atoms with Crippen molar-refractivity contribution in [1.82, 2.24) is 0 Å². The van der Waals surface area contributed by atoms with E-state index in [1.54, 1.807) is 18.9 Å². The van der Waals surface area contributed by atoms with Crippen LogP contribution in [0.5, 0.6) is 0 Å². The number of rotatable bonds is 6. The first-order valence-electron chi connectivity index (χ1n) is 6.60. The molecule has 1 atom stereocenters. The predicted molar refractivity (Wildman–Crippen MR) is 87.9 cm³/mol. The maximum atomic E-state index is 6.55. The average Bonchev–Trinajstić information content (AvgIpc) is 2.53. The Balaban J connectivity index is 2.09. The highest BCUT2D eigenvalue weighted by molar-refractivity contribution is 7.98. The van der Waals surface area contributed by atoms with Crippen molar-refractivity contribution in [1.29, 1.82) is 0 Å². The molecule has 1 nitrogen and oxygen atoms in total. The normalized spacial score (nSPS) is 12.3. The Kier molecular flexibility index (Phi) is 5.96. The summed E-state index contributed by atoms with van der Waals surface area (Å²) in [6.45, 7) is 0.750. The topological polar surface area (TPSA) is 9.23 Å². The summed E-state index contributed by atoms with van der Waals surface area (Å²) in [5.41, 5.74) is 3.54. The molecule has 0 bridgehead atoms. The zero-order valence-corrected chi connectivity index (χ0v) is 13.4. The molecule has 0 saturated heterocycles. The number of halogens is 1. The summed E-state index contributed by atoms with van der Waals surface area (Å²) in [5, 5.41) is -0.0950. The van der Waals surface area contributed by atoms with Crippen molar-refractivity contribution in [2.45, 2.75) is 16.7 Å². The highest BCUT2D eigenvalue weighted by atomic mass is 35.5. The highest BCUT2D eigenvalue weighted by Crippen LogP contribution is 2.30. The second-order valence-electron chi connectivity index (χ2n) is 4.62. The first kappa shape index (κ1) is 15.4. The van der Waals surface area contributed by atoms with Crippen LogP contribution < -0.4 is 0 Å². The third-order valence-electron chi connectivity index (χ3n) is 3.28. The van der Waals surface area contributed by atoms with E-state index in [0.717, 1.165) is 24.2 Å². The quantitative estimate of drug-likeness (QED) is 0.553. The maximum Gasteiger partial charge on any atom is 0.0835 e. The van der Waals surface area contributed by atoms with Crippen molar-refractivity contribution in [3.05, 3.63) is 65.2 Å². The minimum absolute atomic E-state index is 0.0950. The Morgan fingerprint density at radius 2 is 1.55 bits per heavy atom. The summed E-state index contributed by atoms with van der Waals surface area (Å²) in [6.07, 6.45) is 3.01. The zero-order valence-electron chi connectivity index (χ0n) is 11.8. The molecule has 0 amide bonds. The predicted octanol–water partition coefficient (Wildman–Crippen LogP) is 4.93. The van der Waals surface area contributed by atoms with E-state index in [9.17, 15) is 0 Å². The smallest absolute Gasteiger partial charge is 0.0835 e. The van der Waals surface area contributed by atoms with E-state index >= 15 is 0 Å². The second kappa shape index (κ2) is 7.72. The van der Waals surface area contributed by atoms with Gasteiger partial charge in [0, 0.05) is 12.0 Å². The molecule has 0 radical (unpaired) electrons. The van der Waals surface area contributed by atoms with Crippen LogP contribution in [0.4, 0.5) is 0 Å². The largest absolute Gasteiger partial charge is 0.384 e. The molecule has 0 spiro atoms. The standard InChI is InChI=1S/C17H19ClOS/c1-19-12-11-13-3-5-14(6-4-13)17(18)15-7-9-16(20-2)10-8-15/h3-10,17H,11-12H2,1-2H3. The van der Waals surface area contributed by atoms with Crippen molar-refractivity contribution < 1.29 is 4.74 Å². The fourth-order valence-corrected chi connectivity index (χ4v) is 2.74. The van der Waals surface area contributed by atoms with Gasteiger partial charge in [0.05, 0.1) is 12.0 Å². The molecular weight excluding hydrogens is 288 g/mol. The summed E-state index contributed by atoms with van der Waals surface area (Å²) >= 11 is 8.29. The van der Waals surface area contributed by atoms with Gasteiger partial charge in [-0.05, 0) is 41.5 Å². The molecule has 106 valence electrons. The summed E-state index contributed by atoms with van der Waals surface area (Å²) in [5.74, 6) is 0. The van der Waals surface area contributed by atoms with Crippen LogP contribution in [0.2, 0.25) is 0 Å². The van der Waals surface area contributed by atoms with Crippen LogP contribution >= 0.6 is 23.4 Å². The minimum Gasteiger partial charge on any atom is -0.384 e. The molecule has 2 aromatic carbocycles. The third kappa shape index (κ3) is 4.02. The Hall–Kier alpha value is -0.960. The second-order valence-corrected chi connectivity index (χ2v) is 5.94. The van der Waals surface area contributed by atoms with Gasteiger partial charge < -0.3 is 4.74 Å². The number of methoxy groups -OCH3 is 1. The van der Waals surface area contributed by atoms with Gasteiger partial charge in [-0.25, -0.2) is 0 Å². The molecule has 1 unspecified atom stereocenters. The van der Waals surface area contributed by atoms with Crippen LogP contribution in [0.15, 0.2) is 53.4 Å². The van der Waals surface area contributed by atoms with Crippen molar-refractivity contribution >= 4 is 23.4 Å². The summed E-state index contributed by atoms with van der Waals surface area (Å²) < 4.78 is 5.09. The van der Waals surface area contributed by atoms with Crippen LogP contribution in [0, 0.1) is 0 Å². The zero-order chi connectivity index (χ0) is 14.4. The third-order valence-corrected chi connectivity index (χ3v) is 4.52. The lowest BCUT2D eigenvalue weighted by molar-refractivity contribution is 0.202. The van der Waals surface area contributed by atoms with E-state index in [2.05, 4.69) is 54.8 Å². The van der Waals surface area contributed by atoms with Gasteiger partial charge in [0.1, 0.15) is 0 Å². The molecule has 3 heteroatoms. The monoisotopic (exact) mass is 306 g/mol. The SMILES string of the molecule is COCCc1ccc(C(Cl)c2ccc(SC)cc2)cc1. The molecule has 0 heterocycles. The number of thioether (sulfide) groups is 1. The Labute approximate surface area is 130 Å². The van der Waals surface area contributed by atoms with Crippen molar-refractivity contribution in [2.24, 2.45) is 0 Å². The number of hydrogen-bond donors (Lipinski definition) is 0. The molecule has 2 aromatic rings. The van der Waals surface area contributed by atoms with Crippen LogP contribution in [-0.4, -0.2) is 20.0 Å². The van der Waals surface area contributed by atoms with E-state index in [0.29, 0.717) is 0 Å². The van der Waals surface area contributed by atoms with Gasteiger partial charge in [-0.2, -0.15) is 0 Å².